The molecule has 72 valence electrons. The summed E-state index contributed by atoms with van der Waals surface area (Å²) in [7, 11) is 0. The van der Waals surface area contributed by atoms with Crippen LogP contribution in [0.1, 0.15) is 5.56 Å². The summed E-state index contributed by atoms with van der Waals surface area (Å²) in [5, 5.41) is 5.10. The largest absolute Gasteiger partial charge is 0.365 e. The molecule has 0 saturated heterocycles. The lowest BCUT2D eigenvalue weighted by Gasteiger charge is -2.01. The van der Waals surface area contributed by atoms with Crippen LogP contribution in [-0.2, 0) is 6.54 Å². The molecule has 0 fully saturated rings. The zero-order valence-electron chi connectivity index (χ0n) is 7.40. The lowest BCUT2D eigenvalue weighted by Crippen LogP contribution is -1.98. The van der Waals surface area contributed by atoms with Crippen molar-refractivity contribution in [2.45, 2.75) is 6.54 Å². The summed E-state index contributed by atoms with van der Waals surface area (Å²) < 4.78 is 0.570. The number of benzene rings is 1. The van der Waals surface area contributed by atoms with E-state index in [1.54, 1.807) is 0 Å². The normalized spacial score (nSPS) is 10.1. The molecule has 0 aliphatic carbocycles. The maximum atomic E-state index is 5.71. The van der Waals surface area contributed by atoms with Gasteiger partial charge in [0.2, 0.25) is 0 Å². The molecule has 2 aromatic rings. The van der Waals surface area contributed by atoms with Gasteiger partial charge in [-0.1, -0.05) is 41.9 Å². The van der Waals surface area contributed by atoms with E-state index in [9.17, 15) is 0 Å². The van der Waals surface area contributed by atoms with E-state index < -0.39 is 0 Å². The Balaban J connectivity index is 1.95. The molecule has 14 heavy (non-hydrogen) atoms. The molecule has 0 unspecified atom stereocenters. The zero-order chi connectivity index (χ0) is 9.80. The van der Waals surface area contributed by atoms with Crippen LogP contribution in [0.15, 0.2) is 35.7 Å². The lowest BCUT2D eigenvalue weighted by atomic mass is 10.2. The van der Waals surface area contributed by atoms with Crippen molar-refractivity contribution < 1.29 is 0 Å². The molecule has 0 bridgehead atoms. The third-order valence-corrected chi connectivity index (χ3v) is 2.77. The predicted octanol–water partition coefficient (Wildman–Crippen LogP) is 3.41. The van der Waals surface area contributed by atoms with Gasteiger partial charge in [0.25, 0.3) is 0 Å². The van der Waals surface area contributed by atoms with Gasteiger partial charge in [-0.25, -0.2) is 4.98 Å². The van der Waals surface area contributed by atoms with Crippen molar-refractivity contribution in [3.8, 4) is 0 Å². The summed E-state index contributed by atoms with van der Waals surface area (Å²) in [5.41, 5.74) is 1.23. The minimum atomic E-state index is 0.570. The molecule has 0 radical (unpaired) electrons. The molecule has 1 heterocycles. The first-order valence-corrected chi connectivity index (χ1v) is 5.49. The fraction of sp³-hybridized carbons (Fsp3) is 0.100. The van der Waals surface area contributed by atoms with Crippen LogP contribution in [0, 0.1) is 0 Å². The Morgan fingerprint density at radius 3 is 2.71 bits per heavy atom. The van der Waals surface area contributed by atoms with Crippen LogP contribution >= 0.6 is 22.9 Å². The van der Waals surface area contributed by atoms with Crippen molar-refractivity contribution in [1.82, 2.24) is 4.98 Å². The number of rotatable bonds is 3. The van der Waals surface area contributed by atoms with E-state index in [1.165, 1.54) is 16.9 Å². The summed E-state index contributed by atoms with van der Waals surface area (Å²) in [6, 6.07) is 10.2. The van der Waals surface area contributed by atoms with Crippen molar-refractivity contribution in [2.24, 2.45) is 0 Å². The maximum absolute atomic E-state index is 5.71. The Morgan fingerprint density at radius 1 is 1.29 bits per heavy atom. The van der Waals surface area contributed by atoms with E-state index in [0.717, 1.165) is 12.4 Å². The number of nitrogens with one attached hydrogen (secondary N) is 1. The first-order valence-electron chi connectivity index (χ1n) is 4.23. The molecule has 4 heteroatoms. The van der Waals surface area contributed by atoms with Crippen LogP contribution < -0.4 is 5.32 Å². The topological polar surface area (TPSA) is 24.9 Å². The van der Waals surface area contributed by atoms with Gasteiger partial charge in [0.15, 0.2) is 4.47 Å². The van der Waals surface area contributed by atoms with Crippen LogP contribution in [0.25, 0.3) is 0 Å². The van der Waals surface area contributed by atoms with E-state index in [4.69, 9.17) is 11.6 Å². The second-order valence-electron chi connectivity index (χ2n) is 2.82. The van der Waals surface area contributed by atoms with Gasteiger partial charge in [0.05, 0.1) is 0 Å². The molecular formula is C10H9ClN2S. The molecule has 0 aliphatic rings. The van der Waals surface area contributed by atoms with Gasteiger partial charge in [0.1, 0.15) is 5.82 Å². The Bertz CT molecular complexity index is 400. The predicted molar refractivity (Wildman–Crippen MR) is 60.9 cm³/mol. The number of aromatic nitrogens is 1. The molecule has 0 spiro atoms. The van der Waals surface area contributed by atoms with Gasteiger partial charge in [-0.05, 0) is 5.56 Å². The van der Waals surface area contributed by atoms with Crippen molar-refractivity contribution in [1.29, 1.82) is 0 Å². The van der Waals surface area contributed by atoms with Crippen LogP contribution in [0.3, 0.4) is 0 Å². The first-order chi connectivity index (χ1) is 6.84. The SMILES string of the molecule is Clc1nc(NCc2ccccc2)cs1. The smallest absolute Gasteiger partial charge is 0.185 e. The molecule has 1 N–H and O–H groups in total. The fourth-order valence-electron chi connectivity index (χ4n) is 1.12. The van der Waals surface area contributed by atoms with Crippen LogP contribution in [-0.4, -0.2) is 4.98 Å². The summed E-state index contributed by atoms with van der Waals surface area (Å²) in [4.78, 5) is 4.10. The van der Waals surface area contributed by atoms with Gasteiger partial charge < -0.3 is 5.32 Å². The number of anilines is 1. The van der Waals surface area contributed by atoms with E-state index >= 15 is 0 Å². The first kappa shape index (κ1) is 9.49. The summed E-state index contributed by atoms with van der Waals surface area (Å²) in [5.74, 6) is 0.837. The van der Waals surface area contributed by atoms with E-state index in [1.807, 2.05) is 23.6 Å². The van der Waals surface area contributed by atoms with E-state index in [0.29, 0.717) is 4.47 Å². The van der Waals surface area contributed by atoms with Crippen LogP contribution in [0.4, 0.5) is 5.82 Å². The average molecular weight is 225 g/mol. The highest BCUT2D eigenvalue weighted by atomic mass is 35.5. The monoisotopic (exact) mass is 224 g/mol. The van der Waals surface area contributed by atoms with E-state index in [2.05, 4.69) is 22.4 Å². The third kappa shape index (κ3) is 2.47. The molecule has 1 aromatic heterocycles. The summed E-state index contributed by atoms with van der Waals surface area (Å²) >= 11 is 7.14. The van der Waals surface area contributed by atoms with E-state index in [-0.39, 0.29) is 0 Å². The highest BCUT2D eigenvalue weighted by Crippen LogP contribution is 2.18. The number of nitrogens with zero attached hydrogens (tertiary/aromatic N) is 1. The Labute approximate surface area is 91.6 Å². The Morgan fingerprint density at radius 2 is 2.07 bits per heavy atom. The quantitative estimate of drug-likeness (QED) is 0.865. The Hall–Kier alpha value is -1.06. The highest BCUT2D eigenvalue weighted by molar-refractivity contribution is 7.14. The number of hydrogen-bond acceptors (Lipinski definition) is 3. The second kappa shape index (κ2) is 4.44. The van der Waals surface area contributed by atoms with Crippen molar-refractivity contribution in [2.75, 3.05) is 5.32 Å². The molecule has 0 aliphatic heterocycles. The fourth-order valence-corrected chi connectivity index (χ4v) is 1.84. The van der Waals surface area contributed by atoms with Gasteiger partial charge in [-0.3, -0.25) is 0 Å². The van der Waals surface area contributed by atoms with Gasteiger partial charge >= 0.3 is 0 Å². The van der Waals surface area contributed by atoms with Gasteiger partial charge in [-0.15, -0.1) is 11.3 Å². The van der Waals surface area contributed by atoms with Crippen LogP contribution in [0.5, 0.6) is 0 Å². The van der Waals surface area contributed by atoms with Crippen molar-refractivity contribution in [3.63, 3.8) is 0 Å². The maximum Gasteiger partial charge on any atom is 0.185 e. The number of hydrogen-bond donors (Lipinski definition) is 1. The molecule has 2 rings (SSSR count). The molecule has 1 aromatic carbocycles. The lowest BCUT2D eigenvalue weighted by molar-refractivity contribution is 1.12. The third-order valence-electron chi connectivity index (χ3n) is 1.79. The highest BCUT2D eigenvalue weighted by Gasteiger charge is 1.97. The van der Waals surface area contributed by atoms with Crippen molar-refractivity contribution in [3.05, 3.63) is 45.7 Å². The zero-order valence-corrected chi connectivity index (χ0v) is 8.98. The molecule has 0 amide bonds. The Kier molecular flexibility index (Phi) is 3.01. The van der Waals surface area contributed by atoms with Gasteiger partial charge in [-0.2, -0.15) is 0 Å². The number of halogens is 1. The van der Waals surface area contributed by atoms with Gasteiger partial charge in [0, 0.05) is 11.9 Å². The number of thiazole rings is 1. The minimum absolute atomic E-state index is 0.570. The molecular weight excluding hydrogens is 216 g/mol. The minimum Gasteiger partial charge on any atom is -0.365 e. The summed E-state index contributed by atoms with van der Waals surface area (Å²) in [6.07, 6.45) is 0. The second-order valence-corrected chi connectivity index (χ2v) is 4.27. The average Bonchev–Trinajstić information content (AvgIpc) is 2.63. The summed E-state index contributed by atoms with van der Waals surface area (Å²) in [6.45, 7) is 0.779. The van der Waals surface area contributed by atoms with Crippen LogP contribution in [0.2, 0.25) is 4.47 Å². The molecule has 0 saturated carbocycles. The standard InChI is InChI=1S/C10H9ClN2S/c11-10-13-9(7-14-10)12-6-8-4-2-1-3-5-8/h1-5,7,12H,6H2. The van der Waals surface area contributed by atoms with Crippen molar-refractivity contribution >= 4 is 28.8 Å². The molecule has 2 nitrogen and oxygen atoms in total. The molecule has 0 atom stereocenters.